The molecule has 1 radical (unpaired) electrons. The van der Waals surface area contributed by atoms with E-state index >= 15 is 0 Å². The zero-order chi connectivity index (χ0) is 8.81. The van der Waals surface area contributed by atoms with Crippen molar-refractivity contribution in [2.24, 2.45) is 0 Å². The van der Waals surface area contributed by atoms with Crippen molar-refractivity contribution in [3.05, 3.63) is 30.3 Å². The minimum atomic E-state index is 0.300. The molecule has 1 nitrogen and oxygen atoms in total. The first-order valence-electron chi connectivity index (χ1n) is 4.46. The van der Waals surface area contributed by atoms with Crippen LogP contribution in [0.4, 0.5) is 0 Å². The number of ether oxygens (including phenoxy) is 1. The van der Waals surface area contributed by atoms with Gasteiger partial charge < -0.3 is 4.74 Å². The van der Waals surface area contributed by atoms with Crippen LogP contribution in [-0.2, 0) is 0 Å². The summed E-state index contributed by atoms with van der Waals surface area (Å²) in [5, 5.41) is 0. The number of hydrogen-bond donors (Lipinski definition) is 0. The molecule has 0 bridgehead atoms. The van der Waals surface area contributed by atoms with Crippen LogP contribution in [0.2, 0.25) is 0 Å². The van der Waals surface area contributed by atoms with Crippen LogP contribution in [-0.4, -0.2) is 6.10 Å². The van der Waals surface area contributed by atoms with Gasteiger partial charge in [0.15, 0.2) is 0 Å². The number of para-hydroxylation sites is 1. The van der Waals surface area contributed by atoms with Crippen molar-refractivity contribution in [2.45, 2.75) is 32.8 Å². The summed E-state index contributed by atoms with van der Waals surface area (Å²) in [5.74, 6) is 0.846. The Kier molecular flexibility index (Phi) is 3.65. The predicted octanol–water partition coefficient (Wildman–Crippen LogP) is 3.05. The van der Waals surface area contributed by atoms with E-state index in [0.717, 1.165) is 18.6 Å². The standard InChI is InChI=1S/C11H15O/c1-3-7-10(2)12-11-8-5-4-6-9-11/h4-6,8,10H,3,7H2,1-2H3. The van der Waals surface area contributed by atoms with E-state index in [1.165, 1.54) is 0 Å². The molecular weight excluding hydrogens is 148 g/mol. The predicted molar refractivity (Wildman–Crippen MR) is 50.3 cm³/mol. The van der Waals surface area contributed by atoms with Crippen LogP contribution >= 0.6 is 0 Å². The van der Waals surface area contributed by atoms with Gasteiger partial charge in [0.25, 0.3) is 0 Å². The lowest BCUT2D eigenvalue weighted by Gasteiger charge is -2.12. The molecular formula is C11H15O. The summed E-state index contributed by atoms with van der Waals surface area (Å²) in [4.78, 5) is 0. The first-order chi connectivity index (χ1) is 5.83. The maximum atomic E-state index is 5.60. The van der Waals surface area contributed by atoms with Crippen LogP contribution in [0.5, 0.6) is 5.75 Å². The molecule has 1 unspecified atom stereocenters. The molecule has 0 aliphatic carbocycles. The SMILES string of the molecule is CCCC(C)Oc1[c]cccc1. The Balaban J connectivity index is 2.41. The minimum absolute atomic E-state index is 0.300. The van der Waals surface area contributed by atoms with Crippen molar-refractivity contribution in [3.8, 4) is 5.75 Å². The van der Waals surface area contributed by atoms with Gasteiger partial charge in [-0.3, -0.25) is 0 Å². The summed E-state index contributed by atoms with van der Waals surface area (Å²) >= 11 is 0. The van der Waals surface area contributed by atoms with E-state index in [0.29, 0.717) is 6.10 Å². The molecule has 1 rings (SSSR count). The Morgan fingerprint density at radius 3 is 2.92 bits per heavy atom. The number of benzene rings is 1. The molecule has 0 aliphatic heterocycles. The lowest BCUT2D eigenvalue weighted by Crippen LogP contribution is -2.10. The van der Waals surface area contributed by atoms with E-state index in [1.54, 1.807) is 0 Å². The molecule has 0 heterocycles. The summed E-state index contributed by atoms with van der Waals surface area (Å²) in [5.41, 5.74) is 0. The molecule has 0 aliphatic rings. The van der Waals surface area contributed by atoms with Gasteiger partial charge >= 0.3 is 0 Å². The molecule has 1 atom stereocenters. The highest BCUT2D eigenvalue weighted by molar-refractivity contribution is 5.19. The Labute approximate surface area is 74.4 Å². The summed E-state index contributed by atoms with van der Waals surface area (Å²) in [6.07, 6.45) is 2.56. The smallest absolute Gasteiger partial charge is 0.127 e. The lowest BCUT2D eigenvalue weighted by molar-refractivity contribution is 0.209. The summed E-state index contributed by atoms with van der Waals surface area (Å²) in [6.45, 7) is 4.25. The fraction of sp³-hybridized carbons (Fsp3) is 0.455. The lowest BCUT2D eigenvalue weighted by atomic mass is 10.2. The zero-order valence-corrected chi connectivity index (χ0v) is 7.71. The maximum Gasteiger partial charge on any atom is 0.127 e. The minimum Gasteiger partial charge on any atom is -0.490 e. The molecule has 12 heavy (non-hydrogen) atoms. The summed E-state index contributed by atoms with van der Waals surface area (Å²) in [7, 11) is 0. The third-order valence-electron chi connectivity index (χ3n) is 1.70. The fourth-order valence-electron chi connectivity index (χ4n) is 1.13. The second-order valence-corrected chi connectivity index (χ2v) is 2.94. The first kappa shape index (κ1) is 9.11. The van der Waals surface area contributed by atoms with E-state index in [9.17, 15) is 0 Å². The molecule has 0 N–H and O–H groups in total. The van der Waals surface area contributed by atoms with Crippen molar-refractivity contribution in [1.82, 2.24) is 0 Å². The van der Waals surface area contributed by atoms with Crippen molar-refractivity contribution in [1.29, 1.82) is 0 Å². The van der Waals surface area contributed by atoms with Gasteiger partial charge in [-0.2, -0.15) is 0 Å². The third-order valence-corrected chi connectivity index (χ3v) is 1.70. The number of hydrogen-bond acceptors (Lipinski definition) is 1. The Morgan fingerprint density at radius 2 is 2.33 bits per heavy atom. The quantitative estimate of drug-likeness (QED) is 0.662. The zero-order valence-electron chi connectivity index (χ0n) is 7.71. The van der Waals surface area contributed by atoms with Crippen molar-refractivity contribution in [3.63, 3.8) is 0 Å². The molecule has 0 spiro atoms. The summed E-state index contributed by atoms with van der Waals surface area (Å²) < 4.78 is 5.60. The maximum absolute atomic E-state index is 5.60. The Bertz CT molecular complexity index is 206. The second-order valence-electron chi connectivity index (χ2n) is 2.94. The van der Waals surface area contributed by atoms with E-state index in [1.807, 2.05) is 24.3 Å². The first-order valence-corrected chi connectivity index (χ1v) is 4.46. The summed E-state index contributed by atoms with van der Waals surface area (Å²) in [6, 6.07) is 10.7. The Morgan fingerprint density at radius 1 is 1.50 bits per heavy atom. The van der Waals surface area contributed by atoms with Gasteiger partial charge in [0.05, 0.1) is 6.10 Å². The number of rotatable bonds is 4. The van der Waals surface area contributed by atoms with Gasteiger partial charge in [-0.25, -0.2) is 0 Å². The van der Waals surface area contributed by atoms with Crippen molar-refractivity contribution < 1.29 is 4.74 Å². The van der Waals surface area contributed by atoms with Crippen LogP contribution in [0.3, 0.4) is 0 Å². The monoisotopic (exact) mass is 163 g/mol. The van der Waals surface area contributed by atoms with Crippen LogP contribution < -0.4 is 4.74 Å². The van der Waals surface area contributed by atoms with Crippen LogP contribution in [0, 0.1) is 6.07 Å². The molecule has 0 saturated carbocycles. The largest absolute Gasteiger partial charge is 0.490 e. The molecule has 0 aromatic heterocycles. The molecule has 0 amide bonds. The average molecular weight is 163 g/mol. The molecule has 1 heteroatoms. The van der Waals surface area contributed by atoms with Crippen LogP contribution in [0.1, 0.15) is 26.7 Å². The topological polar surface area (TPSA) is 9.23 Å². The highest BCUT2D eigenvalue weighted by Gasteiger charge is 2.00. The highest BCUT2D eigenvalue weighted by atomic mass is 16.5. The second kappa shape index (κ2) is 4.81. The third kappa shape index (κ3) is 2.95. The van der Waals surface area contributed by atoms with Crippen molar-refractivity contribution in [2.75, 3.05) is 0 Å². The van der Waals surface area contributed by atoms with Gasteiger partial charge in [-0.15, -0.1) is 0 Å². The molecule has 0 saturated heterocycles. The van der Waals surface area contributed by atoms with Gasteiger partial charge in [-0.1, -0.05) is 31.5 Å². The van der Waals surface area contributed by atoms with Crippen LogP contribution in [0.15, 0.2) is 24.3 Å². The van der Waals surface area contributed by atoms with E-state index in [-0.39, 0.29) is 0 Å². The van der Waals surface area contributed by atoms with E-state index in [4.69, 9.17) is 4.74 Å². The molecule has 1 aromatic carbocycles. The van der Waals surface area contributed by atoms with E-state index in [2.05, 4.69) is 19.9 Å². The van der Waals surface area contributed by atoms with Gasteiger partial charge in [0, 0.05) is 6.07 Å². The van der Waals surface area contributed by atoms with Crippen LogP contribution in [0.25, 0.3) is 0 Å². The average Bonchev–Trinajstić information content (AvgIpc) is 2.06. The van der Waals surface area contributed by atoms with Gasteiger partial charge in [0.1, 0.15) is 5.75 Å². The van der Waals surface area contributed by atoms with E-state index < -0.39 is 0 Å². The fourth-order valence-corrected chi connectivity index (χ4v) is 1.13. The van der Waals surface area contributed by atoms with Crippen molar-refractivity contribution >= 4 is 0 Å². The highest BCUT2D eigenvalue weighted by Crippen LogP contribution is 2.11. The molecule has 1 aromatic rings. The van der Waals surface area contributed by atoms with Gasteiger partial charge in [0.2, 0.25) is 0 Å². The Hall–Kier alpha value is -0.980. The molecule has 65 valence electrons. The normalized spacial score (nSPS) is 12.5. The van der Waals surface area contributed by atoms with Gasteiger partial charge in [-0.05, 0) is 19.4 Å². The molecule has 0 fully saturated rings.